The molecule has 2 aliphatic heterocycles. The van der Waals surface area contributed by atoms with Gasteiger partial charge in [-0.3, -0.25) is 19.9 Å². The number of amides is 1. The summed E-state index contributed by atoms with van der Waals surface area (Å²) < 4.78 is 12.0. The van der Waals surface area contributed by atoms with Gasteiger partial charge in [-0.1, -0.05) is 23.1 Å². The van der Waals surface area contributed by atoms with Gasteiger partial charge in [0, 0.05) is 72.9 Å². The van der Waals surface area contributed by atoms with Crippen molar-refractivity contribution < 1.29 is 19.4 Å². The second-order valence-electron chi connectivity index (χ2n) is 12.4. The number of thiazole rings is 1. The van der Waals surface area contributed by atoms with Gasteiger partial charge in [0.2, 0.25) is 0 Å². The van der Waals surface area contributed by atoms with Crippen molar-refractivity contribution in [1.29, 1.82) is 0 Å². The van der Waals surface area contributed by atoms with E-state index in [9.17, 15) is 9.90 Å². The largest absolute Gasteiger partial charge is 0.496 e. The molecule has 11 heteroatoms. The fourth-order valence-electron chi connectivity index (χ4n) is 6.78. The summed E-state index contributed by atoms with van der Waals surface area (Å²) in [6, 6.07) is 12.6. The van der Waals surface area contributed by atoms with Crippen LogP contribution in [0.25, 0.3) is 0 Å². The molecular formula is C36H45N5O4S2. The van der Waals surface area contributed by atoms with Gasteiger partial charge in [0.1, 0.15) is 12.0 Å². The van der Waals surface area contributed by atoms with Crippen molar-refractivity contribution >= 4 is 39.8 Å². The SMILES string of the molecule is CC#CC1CCC(N2CCN(c3ccc(C(=O)Nc4ncc(Sc5cc(C(O)N6CCOCC6)c(OC)cc5C)s4)cc3)CC2)CC1. The third-order valence-corrected chi connectivity index (χ3v) is 11.7. The normalized spacial score (nSPS) is 21.5. The first-order valence-corrected chi connectivity index (χ1v) is 18.2. The highest BCUT2D eigenvalue weighted by Crippen LogP contribution is 2.40. The van der Waals surface area contributed by atoms with Gasteiger partial charge < -0.3 is 19.5 Å². The number of nitrogens with one attached hydrogen (secondary N) is 1. The van der Waals surface area contributed by atoms with Crippen LogP contribution >= 0.6 is 23.1 Å². The molecule has 47 heavy (non-hydrogen) atoms. The topological polar surface area (TPSA) is 90.4 Å². The Morgan fingerprint density at radius 3 is 2.49 bits per heavy atom. The molecule has 3 aromatic rings. The maximum atomic E-state index is 13.1. The number of aryl methyl sites for hydroxylation is 1. The van der Waals surface area contributed by atoms with Crippen LogP contribution in [0, 0.1) is 24.7 Å². The van der Waals surface area contributed by atoms with Crippen LogP contribution in [0.1, 0.15) is 60.3 Å². The predicted octanol–water partition coefficient (Wildman–Crippen LogP) is 5.89. The van der Waals surface area contributed by atoms with Crippen LogP contribution in [0.3, 0.4) is 0 Å². The molecule has 0 bridgehead atoms. The van der Waals surface area contributed by atoms with Crippen molar-refractivity contribution in [2.24, 2.45) is 5.92 Å². The van der Waals surface area contributed by atoms with Crippen molar-refractivity contribution in [3.05, 3.63) is 59.3 Å². The van der Waals surface area contributed by atoms with E-state index < -0.39 is 6.23 Å². The van der Waals surface area contributed by atoms with Gasteiger partial charge in [-0.2, -0.15) is 0 Å². The Labute approximate surface area is 286 Å². The van der Waals surface area contributed by atoms with Crippen LogP contribution in [0.15, 0.2) is 51.7 Å². The minimum Gasteiger partial charge on any atom is -0.496 e. The lowest BCUT2D eigenvalue weighted by molar-refractivity contribution is -0.0612. The maximum Gasteiger partial charge on any atom is 0.257 e. The van der Waals surface area contributed by atoms with E-state index >= 15 is 0 Å². The number of carbonyl (C=O) groups excluding carboxylic acids is 1. The zero-order valence-electron chi connectivity index (χ0n) is 27.5. The fraction of sp³-hybridized carbons (Fsp3) is 0.500. The number of carbonyl (C=O) groups is 1. The quantitative estimate of drug-likeness (QED) is 0.270. The summed E-state index contributed by atoms with van der Waals surface area (Å²) in [7, 11) is 1.63. The number of morpholine rings is 1. The lowest BCUT2D eigenvalue weighted by atomic mass is 9.85. The van der Waals surface area contributed by atoms with E-state index in [2.05, 4.69) is 44.1 Å². The molecule has 1 aliphatic carbocycles. The van der Waals surface area contributed by atoms with Crippen LogP contribution in [-0.2, 0) is 4.74 Å². The predicted molar refractivity (Wildman–Crippen MR) is 189 cm³/mol. The Hall–Kier alpha value is -3.11. The number of aromatic nitrogens is 1. The summed E-state index contributed by atoms with van der Waals surface area (Å²) in [5, 5.41) is 14.7. The number of anilines is 2. The highest BCUT2D eigenvalue weighted by Gasteiger charge is 2.28. The lowest BCUT2D eigenvalue weighted by Gasteiger charge is -2.42. The summed E-state index contributed by atoms with van der Waals surface area (Å²) in [6.07, 6.45) is 5.95. The molecule has 0 radical (unpaired) electrons. The summed E-state index contributed by atoms with van der Waals surface area (Å²) in [5.74, 6) is 7.53. The Morgan fingerprint density at radius 1 is 1.09 bits per heavy atom. The van der Waals surface area contributed by atoms with Crippen molar-refractivity contribution in [3.8, 4) is 17.6 Å². The second-order valence-corrected chi connectivity index (χ2v) is 14.8. The summed E-state index contributed by atoms with van der Waals surface area (Å²) in [5.41, 5.74) is 3.53. The number of benzene rings is 2. The highest BCUT2D eigenvalue weighted by molar-refractivity contribution is 8.01. The van der Waals surface area contributed by atoms with E-state index in [0.717, 1.165) is 52.1 Å². The van der Waals surface area contributed by atoms with Crippen molar-refractivity contribution in [2.75, 3.05) is 69.8 Å². The van der Waals surface area contributed by atoms with Gasteiger partial charge >= 0.3 is 0 Å². The molecule has 6 rings (SSSR count). The standard InChI is InChI=1S/C36H45N5O4S2/c1-4-5-26-6-10-28(11-7-26)39-14-16-40(17-15-39)29-12-8-27(9-13-29)34(42)38-36-37-24-33(47-36)46-32-23-30(31(44-3)22-25(32)2)35(43)41-18-20-45-21-19-41/h8-9,12-13,22-24,26,28,35,43H,6-7,10-11,14-21H2,1-3H3,(H,37,38,42). The van der Waals surface area contributed by atoms with E-state index in [1.54, 1.807) is 25.1 Å². The van der Waals surface area contributed by atoms with E-state index in [1.165, 1.54) is 37.0 Å². The zero-order valence-corrected chi connectivity index (χ0v) is 29.2. The monoisotopic (exact) mass is 675 g/mol. The third-order valence-electron chi connectivity index (χ3n) is 9.48. The van der Waals surface area contributed by atoms with Crippen LogP contribution in [0.4, 0.5) is 10.8 Å². The second kappa shape index (κ2) is 15.9. The summed E-state index contributed by atoms with van der Waals surface area (Å²) in [6.45, 7) is 10.6. The minimum absolute atomic E-state index is 0.174. The Kier molecular flexibility index (Phi) is 11.4. The number of hydrogen-bond acceptors (Lipinski definition) is 10. The molecule has 3 heterocycles. The zero-order chi connectivity index (χ0) is 32.8. The first-order chi connectivity index (χ1) is 22.9. The van der Waals surface area contributed by atoms with Gasteiger partial charge in [0.15, 0.2) is 5.13 Å². The van der Waals surface area contributed by atoms with Crippen molar-refractivity contribution in [3.63, 3.8) is 0 Å². The molecule has 1 atom stereocenters. The van der Waals surface area contributed by atoms with Crippen LogP contribution in [-0.4, -0.2) is 91.4 Å². The molecule has 1 unspecified atom stereocenters. The summed E-state index contributed by atoms with van der Waals surface area (Å²) in [4.78, 5) is 25.7. The first-order valence-electron chi connectivity index (χ1n) is 16.6. The lowest BCUT2D eigenvalue weighted by Crippen LogP contribution is -2.51. The summed E-state index contributed by atoms with van der Waals surface area (Å²) >= 11 is 3.00. The molecule has 3 fully saturated rings. The van der Waals surface area contributed by atoms with Crippen LogP contribution in [0.2, 0.25) is 0 Å². The van der Waals surface area contributed by atoms with E-state index in [1.807, 2.05) is 43.0 Å². The molecule has 250 valence electrons. The minimum atomic E-state index is -0.780. The molecular weight excluding hydrogens is 631 g/mol. The Morgan fingerprint density at radius 2 is 1.81 bits per heavy atom. The third kappa shape index (κ3) is 8.31. The number of methoxy groups -OCH3 is 1. The molecule has 2 aromatic carbocycles. The average Bonchev–Trinajstić information content (AvgIpc) is 3.56. The molecule has 2 N–H and O–H groups in total. The number of nitrogens with zero attached hydrogens (tertiary/aromatic N) is 4. The molecule has 3 aliphatic rings. The van der Waals surface area contributed by atoms with Gasteiger partial charge in [0.25, 0.3) is 5.91 Å². The first kappa shape index (κ1) is 33.8. The van der Waals surface area contributed by atoms with Gasteiger partial charge in [-0.25, -0.2) is 4.98 Å². The fourth-order valence-corrected chi connectivity index (χ4v) is 8.73. The molecule has 1 amide bonds. The number of aliphatic hydroxyl groups is 1. The van der Waals surface area contributed by atoms with E-state index in [-0.39, 0.29) is 5.91 Å². The highest BCUT2D eigenvalue weighted by atomic mass is 32.2. The molecule has 0 spiro atoms. The molecule has 1 saturated carbocycles. The van der Waals surface area contributed by atoms with E-state index in [4.69, 9.17) is 9.47 Å². The van der Waals surface area contributed by atoms with E-state index in [0.29, 0.717) is 54.7 Å². The molecule has 1 aromatic heterocycles. The Bertz CT molecular complexity index is 1560. The number of ether oxygens (including phenoxy) is 2. The molecule has 9 nitrogen and oxygen atoms in total. The smallest absolute Gasteiger partial charge is 0.257 e. The number of aliphatic hydroxyl groups excluding tert-OH is 1. The maximum absolute atomic E-state index is 13.1. The average molecular weight is 676 g/mol. The van der Waals surface area contributed by atoms with Crippen LogP contribution in [0.5, 0.6) is 5.75 Å². The molecule has 2 saturated heterocycles. The number of rotatable bonds is 9. The van der Waals surface area contributed by atoms with Crippen LogP contribution < -0.4 is 15.0 Å². The van der Waals surface area contributed by atoms with Gasteiger partial charge in [0.05, 0.1) is 30.7 Å². The van der Waals surface area contributed by atoms with Gasteiger partial charge in [-0.15, -0.1) is 11.8 Å². The Balaban J connectivity index is 1.02. The number of piperazine rings is 1. The van der Waals surface area contributed by atoms with Crippen molar-refractivity contribution in [1.82, 2.24) is 14.8 Å². The van der Waals surface area contributed by atoms with Crippen molar-refractivity contribution in [2.45, 2.75) is 60.9 Å². The number of hydrogen-bond donors (Lipinski definition) is 2. The van der Waals surface area contributed by atoms with Gasteiger partial charge in [-0.05, 0) is 81.5 Å².